The number of nitrogens with one attached hydrogen (secondary N) is 1. The molecule has 1 aliphatic heterocycles. The maximum atomic E-state index is 5.75. The van der Waals surface area contributed by atoms with Crippen molar-refractivity contribution < 1.29 is 0 Å². The zero-order valence-corrected chi connectivity index (χ0v) is 12.1. The zero-order valence-electron chi connectivity index (χ0n) is 12.1. The van der Waals surface area contributed by atoms with E-state index in [2.05, 4.69) is 37.3 Å². The van der Waals surface area contributed by atoms with Crippen LogP contribution in [0.3, 0.4) is 0 Å². The lowest BCUT2D eigenvalue weighted by atomic mass is 10.0. The molecule has 0 bridgehead atoms. The minimum absolute atomic E-state index is 0.190. The third kappa shape index (κ3) is 3.27. The van der Waals surface area contributed by atoms with Crippen LogP contribution in [0.1, 0.15) is 19.3 Å². The van der Waals surface area contributed by atoms with Gasteiger partial charge in [0.2, 0.25) is 11.9 Å². The topological polar surface area (TPSA) is 97.8 Å². The van der Waals surface area contributed by atoms with Crippen LogP contribution in [0.15, 0.2) is 18.5 Å². The Morgan fingerprint density at radius 1 is 1.33 bits per heavy atom. The van der Waals surface area contributed by atoms with Crippen molar-refractivity contribution in [1.82, 2.24) is 29.6 Å². The number of rotatable bonds is 4. The van der Waals surface area contributed by atoms with Gasteiger partial charge in [-0.1, -0.05) is 6.42 Å². The molecular formula is C13H20N8. The Kier molecular flexibility index (Phi) is 3.96. The standard InChI is InChI=1S/C13H20N8/c1-20-7-3-2-5-10(20)9-15-12-17-11(14)18-13(19-12)21-8-4-6-16-21/h4,6,8,10H,2-3,5,7,9H2,1H3,(H3,14,15,17,18,19). The van der Waals surface area contributed by atoms with Crippen molar-refractivity contribution in [3.05, 3.63) is 18.5 Å². The molecule has 0 radical (unpaired) electrons. The SMILES string of the molecule is CN1CCCCC1CNc1nc(N)nc(-n2cccn2)n1. The molecular weight excluding hydrogens is 268 g/mol. The molecule has 3 N–H and O–H groups in total. The molecule has 0 saturated carbocycles. The highest BCUT2D eigenvalue weighted by Crippen LogP contribution is 2.15. The Hall–Kier alpha value is -2.22. The van der Waals surface area contributed by atoms with Crippen LogP contribution in [-0.4, -0.2) is 55.8 Å². The van der Waals surface area contributed by atoms with E-state index in [-0.39, 0.29) is 5.95 Å². The van der Waals surface area contributed by atoms with E-state index in [0.717, 1.165) is 13.1 Å². The highest BCUT2D eigenvalue weighted by Gasteiger charge is 2.19. The van der Waals surface area contributed by atoms with Crippen molar-refractivity contribution in [3.8, 4) is 5.95 Å². The summed E-state index contributed by atoms with van der Waals surface area (Å²) in [6.07, 6.45) is 7.18. The van der Waals surface area contributed by atoms with Crippen molar-refractivity contribution in [1.29, 1.82) is 0 Å². The third-order valence-electron chi connectivity index (χ3n) is 3.77. The molecule has 1 unspecified atom stereocenters. The molecule has 8 nitrogen and oxygen atoms in total. The molecule has 8 heteroatoms. The van der Waals surface area contributed by atoms with Gasteiger partial charge in [0.05, 0.1) is 0 Å². The largest absolute Gasteiger partial charge is 0.368 e. The van der Waals surface area contributed by atoms with Gasteiger partial charge in [-0.25, -0.2) is 4.68 Å². The Morgan fingerprint density at radius 3 is 3.00 bits per heavy atom. The second-order valence-electron chi connectivity index (χ2n) is 5.28. The van der Waals surface area contributed by atoms with Crippen LogP contribution in [0.4, 0.5) is 11.9 Å². The van der Waals surface area contributed by atoms with Crippen molar-refractivity contribution in [2.24, 2.45) is 0 Å². The number of nitrogens with zero attached hydrogens (tertiary/aromatic N) is 6. The summed E-state index contributed by atoms with van der Waals surface area (Å²) in [4.78, 5) is 15.0. The average Bonchev–Trinajstić information content (AvgIpc) is 3.00. The maximum absolute atomic E-state index is 5.75. The number of hydrogen-bond acceptors (Lipinski definition) is 7. The molecule has 2 aromatic rings. The second-order valence-corrected chi connectivity index (χ2v) is 5.28. The predicted molar refractivity (Wildman–Crippen MR) is 80.1 cm³/mol. The first kappa shape index (κ1) is 13.7. The van der Waals surface area contributed by atoms with Gasteiger partial charge in [-0.15, -0.1) is 0 Å². The van der Waals surface area contributed by atoms with E-state index in [1.165, 1.54) is 19.3 Å². The fourth-order valence-electron chi connectivity index (χ4n) is 2.56. The molecule has 0 amide bonds. The predicted octanol–water partition coefficient (Wildman–Crippen LogP) is 0.536. The molecule has 3 heterocycles. The fraction of sp³-hybridized carbons (Fsp3) is 0.538. The third-order valence-corrected chi connectivity index (χ3v) is 3.77. The van der Waals surface area contributed by atoms with Crippen LogP contribution in [0.25, 0.3) is 5.95 Å². The number of anilines is 2. The van der Waals surface area contributed by atoms with Gasteiger partial charge in [0.1, 0.15) is 0 Å². The summed E-state index contributed by atoms with van der Waals surface area (Å²) in [5, 5.41) is 7.37. The normalized spacial score (nSPS) is 19.6. The number of aromatic nitrogens is 5. The van der Waals surface area contributed by atoms with Gasteiger partial charge in [0.25, 0.3) is 5.95 Å². The molecule has 2 aromatic heterocycles. The van der Waals surface area contributed by atoms with E-state index in [0.29, 0.717) is 17.9 Å². The summed E-state index contributed by atoms with van der Waals surface area (Å²) >= 11 is 0. The average molecular weight is 288 g/mol. The molecule has 0 aliphatic carbocycles. The molecule has 1 atom stereocenters. The molecule has 1 saturated heterocycles. The Morgan fingerprint density at radius 2 is 2.24 bits per heavy atom. The number of piperidine rings is 1. The second kappa shape index (κ2) is 6.04. The summed E-state index contributed by atoms with van der Waals surface area (Å²) in [5.74, 6) is 1.11. The van der Waals surface area contributed by atoms with E-state index in [9.17, 15) is 0 Å². The minimum atomic E-state index is 0.190. The summed E-state index contributed by atoms with van der Waals surface area (Å²) in [5.41, 5.74) is 5.75. The maximum Gasteiger partial charge on any atom is 0.257 e. The van der Waals surface area contributed by atoms with Crippen LogP contribution in [0.2, 0.25) is 0 Å². The number of hydrogen-bond donors (Lipinski definition) is 2. The van der Waals surface area contributed by atoms with Gasteiger partial charge in [0, 0.05) is 25.0 Å². The highest BCUT2D eigenvalue weighted by atomic mass is 15.4. The van der Waals surface area contributed by atoms with E-state index in [1.807, 2.05) is 6.07 Å². The fourth-order valence-corrected chi connectivity index (χ4v) is 2.56. The van der Waals surface area contributed by atoms with Gasteiger partial charge in [-0.2, -0.15) is 20.1 Å². The molecule has 112 valence electrons. The molecule has 0 spiro atoms. The van der Waals surface area contributed by atoms with Crippen LogP contribution >= 0.6 is 0 Å². The Labute approximate surface area is 123 Å². The Bertz CT molecular complexity index is 582. The quantitative estimate of drug-likeness (QED) is 0.847. The van der Waals surface area contributed by atoms with Gasteiger partial charge in [0.15, 0.2) is 0 Å². The lowest BCUT2D eigenvalue weighted by Gasteiger charge is -2.32. The molecule has 21 heavy (non-hydrogen) atoms. The number of nitrogens with two attached hydrogens (primary N) is 1. The zero-order chi connectivity index (χ0) is 14.7. The van der Waals surface area contributed by atoms with Crippen LogP contribution in [0.5, 0.6) is 0 Å². The Balaban J connectivity index is 1.70. The first-order valence-electron chi connectivity index (χ1n) is 7.18. The highest BCUT2D eigenvalue weighted by molar-refractivity contribution is 5.34. The molecule has 3 rings (SSSR count). The minimum Gasteiger partial charge on any atom is -0.368 e. The molecule has 1 aliphatic rings. The van der Waals surface area contributed by atoms with Gasteiger partial charge < -0.3 is 16.0 Å². The summed E-state index contributed by atoms with van der Waals surface area (Å²) in [7, 11) is 2.16. The smallest absolute Gasteiger partial charge is 0.257 e. The lowest BCUT2D eigenvalue weighted by Crippen LogP contribution is -2.41. The van der Waals surface area contributed by atoms with Gasteiger partial charge >= 0.3 is 0 Å². The first-order chi connectivity index (χ1) is 10.2. The molecule has 0 aromatic carbocycles. The van der Waals surface area contributed by atoms with Gasteiger partial charge in [-0.3, -0.25) is 0 Å². The van der Waals surface area contributed by atoms with E-state index in [4.69, 9.17) is 5.73 Å². The van der Waals surface area contributed by atoms with Crippen LogP contribution in [-0.2, 0) is 0 Å². The van der Waals surface area contributed by atoms with E-state index >= 15 is 0 Å². The number of likely N-dealkylation sites (N-methyl/N-ethyl adjacent to an activating group) is 1. The summed E-state index contributed by atoms with van der Waals surface area (Å²) in [6.45, 7) is 1.95. The first-order valence-corrected chi connectivity index (χ1v) is 7.18. The van der Waals surface area contributed by atoms with Crippen LogP contribution in [0, 0.1) is 0 Å². The van der Waals surface area contributed by atoms with Gasteiger partial charge in [-0.05, 0) is 32.5 Å². The van der Waals surface area contributed by atoms with E-state index in [1.54, 1.807) is 17.1 Å². The molecule has 1 fully saturated rings. The van der Waals surface area contributed by atoms with Crippen molar-refractivity contribution in [2.45, 2.75) is 25.3 Å². The summed E-state index contributed by atoms with van der Waals surface area (Å²) in [6, 6.07) is 2.31. The van der Waals surface area contributed by atoms with Crippen molar-refractivity contribution in [2.75, 3.05) is 31.2 Å². The van der Waals surface area contributed by atoms with E-state index < -0.39 is 0 Å². The number of likely N-dealkylation sites (tertiary alicyclic amines) is 1. The van der Waals surface area contributed by atoms with Crippen molar-refractivity contribution in [3.63, 3.8) is 0 Å². The summed E-state index contributed by atoms with van der Waals surface area (Å²) < 4.78 is 1.57. The van der Waals surface area contributed by atoms with Crippen LogP contribution < -0.4 is 11.1 Å². The monoisotopic (exact) mass is 288 g/mol. The number of nitrogen functional groups attached to an aromatic ring is 1. The van der Waals surface area contributed by atoms with Crippen molar-refractivity contribution >= 4 is 11.9 Å². The lowest BCUT2D eigenvalue weighted by molar-refractivity contribution is 0.194.